The van der Waals surface area contributed by atoms with Gasteiger partial charge in [0.05, 0.1) is 15.9 Å². The van der Waals surface area contributed by atoms with Crippen molar-refractivity contribution in [1.29, 1.82) is 0 Å². The van der Waals surface area contributed by atoms with E-state index in [1.807, 2.05) is 7.05 Å². The van der Waals surface area contributed by atoms with Crippen molar-refractivity contribution in [1.82, 2.24) is 20.0 Å². The Bertz CT molecular complexity index is 408. The molecule has 0 unspecified atom stereocenters. The van der Waals surface area contributed by atoms with Gasteiger partial charge in [-0.25, -0.2) is 0 Å². The first-order chi connectivity index (χ1) is 9.15. The highest BCUT2D eigenvalue weighted by molar-refractivity contribution is 9.10. The van der Waals surface area contributed by atoms with Crippen LogP contribution in [0.25, 0.3) is 0 Å². The number of rotatable bonds is 5. The van der Waals surface area contributed by atoms with Gasteiger partial charge in [-0.2, -0.15) is 5.10 Å². The normalized spacial score (nSPS) is 18.1. The maximum absolute atomic E-state index is 4.57. The van der Waals surface area contributed by atoms with Crippen molar-refractivity contribution in [2.75, 3.05) is 26.7 Å². The van der Waals surface area contributed by atoms with Crippen LogP contribution in [0, 0.1) is 12.8 Å². The van der Waals surface area contributed by atoms with Crippen LogP contribution >= 0.6 is 15.9 Å². The highest BCUT2D eigenvalue weighted by Crippen LogP contribution is 2.24. The Morgan fingerprint density at radius 2 is 2.05 bits per heavy atom. The minimum Gasteiger partial charge on any atom is -0.319 e. The molecule has 1 aromatic rings. The van der Waals surface area contributed by atoms with E-state index in [9.17, 15) is 0 Å². The maximum atomic E-state index is 4.57. The molecule has 0 atom stereocenters. The van der Waals surface area contributed by atoms with Gasteiger partial charge in [0.1, 0.15) is 0 Å². The summed E-state index contributed by atoms with van der Waals surface area (Å²) < 4.78 is 3.31. The van der Waals surface area contributed by atoms with Crippen molar-refractivity contribution in [2.45, 2.75) is 39.8 Å². The topological polar surface area (TPSA) is 33.1 Å². The van der Waals surface area contributed by atoms with E-state index in [2.05, 4.69) is 49.8 Å². The first-order valence-corrected chi connectivity index (χ1v) is 8.03. The molecule has 5 heteroatoms. The zero-order valence-electron chi connectivity index (χ0n) is 12.2. The molecule has 0 saturated carbocycles. The summed E-state index contributed by atoms with van der Waals surface area (Å²) in [5.74, 6) is 0.850. The van der Waals surface area contributed by atoms with E-state index >= 15 is 0 Å². The molecule has 2 heterocycles. The molecular formula is C14H25BrN4. The Hall–Kier alpha value is -0.390. The number of likely N-dealkylation sites (tertiary alicyclic amines) is 1. The average Bonchev–Trinajstić information content (AvgIpc) is 2.69. The molecule has 0 aliphatic carbocycles. The summed E-state index contributed by atoms with van der Waals surface area (Å²) in [5.41, 5.74) is 2.42. The van der Waals surface area contributed by atoms with Crippen LogP contribution < -0.4 is 5.32 Å². The van der Waals surface area contributed by atoms with Crippen LogP contribution in [0.4, 0.5) is 0 Å². The molecule has 1 saturated heterocycles. The number of nitrogens with zero attached hydrogens (tertiary/aromatic N) is 3. The zero-order valence-corrected chi connectivity index (χ0v) is 13.8. The van der Waals surface area contributed by atoms with E-state index in [0.29, 0.717) is 0 Å². The summed E-state index contributed by atoms with van der Waals surface area (Å²) >= 11 is 3.69. The van der Waals surface area contributed by atoms with Gasteiger partial charge in [0.2, 0.25) is 0 Å². The molecule has 1 N–H and O–H groups in total. The second-order valence-electron chi connectivity index (χ2n) is 5.44. The zero-order chi connectivity index (χ0) is 13.8. The van der Waals surface area contributed by atoms with Crippen molar-refractivity contribution in [2.24, 2.45) is 5.92 Å². The number of hydrogen-bond donors (Lipinski definition) is 1. The first kappa shape index (κ1) is 15.0. The van der Waals surface area contributed by atoms with Gasteiger partial charge in [-0.05, 0) is 75.2 Å². The fraction of sp³-hybridized carbons (Fsp3) is 0.786. The molecule has 1 aliphatic heterocycles. The Morgan fingerprint density at radius 3 is 2.63 bits per heavy atom. The van der Waals surface area contributed by atoms with Gasteiger partial charge in [-0.15, -0.1) is 0 Å². The van der Waals surface area contributed by atoms with Crippen molar-refractivity contribution in [3.8, 4) is 0 Å². The molecule has 0 radical (unpaired) electrons. The van der Waals surface area contributed by atoms with E-state index in [-0.39, 0.29) is 0 Å². The number of hydrogen-bond acceptors (Lipinski definition) is 3. The SMILES string of the molecule is CCn1nc(C)c(Br)c1CN1CCC(CNC)CC1. The lowest BCUT2D eigenvalue weighted by Gasteiger charge is -2.32. The van der Waals surface area contributed by atoms with E-state index in [4.69, 9.17) is 0 Å². The van der Waals surface area contributed by atoms with Crippen LogP contribution in [0.2, 0.25) is 0 Å². The predicted molar refractivity (Wildman–Crippen MR) is 82.3 cm³/mol. The fourth-order valence-corrected chi connectivity index (χ4v) is 3.28. The Balaban J connectivity index is 1.95. The predicted octanol–water partition coefficient (Wildman–Crippen LogP) is 2.41. The second kappa shape index (κ2) is 6.86. The first-order valence-electron chi connectivity index (χ1n) is 7.24. The molecule has 2 rings (SSSR count). The summed E-state index contributed by atoms with van der Waals surface area (Å²) in [6, 6.07) is 0. The highest BCUT2D eigenvalue weighted by Gasteiger charge is 2.21. The summed E-state index contributed by atoms with van der Waals surface area (Å²) in [6.45, 7) is 9.74. The monoisotopic (exact) mass is 328 g/mol. The van der Waals surface area contributed by atoms with E-state index < -0.39 is 0 Å². The molecule has 108 valence electrons. The molecule has 19 heavy (non-hydrogen) atoms. The summed E-state index contributed by atoms with van der Waals surface area (Å²) in [5, 5.41) is 7.86. The van der Waals surface area contributed by atoms with Crippen LogP contribution in [-0.4, -0.2) is 41.4 Å². The molecular weight excluding hydrogens is 304 g/mol. The van der Waals surface area contributed by atoms with Gasteiger partial charge >= 0.3 is 0 Å². The average molecular weight is 329 g/mol. The minimum atomic E-state index is 0.850. The summed E-state index contributed by atoms with van der Waals surface area (Å²) in [7, 11) is 2.05. The van der Waals surface area contributed by atoms with Crippen molar-refractivity contribution >= 4 is 15.9 Å². The van der Waals surface area contributed by atoms with Crippen LogP contribution in [0.3, 0.4) is 0 Å². The third-order valence-electron chi connectivity index (χ3n) is 4.03. The third kappa shape index (κ3) is 3.58. The molecule has 4 nitrogen and oxygen atoms in total. The molecule has 0 spiro atoms. The number of aromatic nitrogens is 2. The highest BCUT2D eigenvalue weighted by atomic mass is 79.9. The van der Waals surface area contributed by atoms with Crippen LogP contribution in [0.5, 0.6) is 0 Å². The molecule has 0 aromatic carbocycles. The van der Waals surface area contributed by atoms with Gasteiger partial charge in [-0.3, -0.25) is 9.58 Å². The molecule has 1 aromatic heterocycles. The quantitative estimate of drug-likeness (QED) is 0.901. The Labute approximate surface area is 124 Å². The second-order valence-corrected chi connectivity index (χ2v) is 6.23. The maximum Gasteiger partial charge on any atom is 0.0739 e. The molecule has 0 amide bonds. The lowest BCUT2D eigenvalue weighted by molar-refractivity contribution is 0.172. The summed E-state index contributed by atoms with van der Waals surface area (Å²) in [6.07, 6.45) is 2.61. The van der Waals surface area contributed by atoms with Gasteiger partial charge in [0.15, 0.2) is 0 Å². The van der Waals surface area contributed by atoms with E-state index in [0.717, 1.165) is 31.2 Å². The fourth-order valence-electron chi connectivity index (χ4n) is 2.87. The minimum absolute atomic E-state index is 0.850. The molecule has 1 aliphatic rings. The molecule has 1 fully saturated rings. The van der Waals surface area contributed by atoms with Crippen LogP contribution in [-0.2, 0) is 13.1 Å². The van der Waals surface area contributed by atoms with Gasteiger partial charge in [-0.1, -0.05) is 0 Å². The van der Waals surface area contributed by atoms with Gasteiger partial charge in [0.25, 0.3) is 0 Å². The number of nitrogens with one attached hydrogen (secondary N) is 1. The van der Waals surface area contributed by atoms with Crippen molar-refractivity contribution < 1.29 is 0 Å². The third-order valence-corrected chi connectivity index (χ3v) is 5.06. The molecule has 0 bridgehead atoms. The van der Waals surface area contributed by atoms with Crippen LogP contribution in [0.1, 0.15) is 31.2 Å². The lowest BCUT2D eigenvalue weighted by Crippen LogP contribution is -2.36. The van der Waals surface area contributed by atoms with E-state index in [1.54, 1.807) is 0 Å². The van der Waals surface area contributed by atoms with Gasteiger partial charge < -0.3 is 5.32 Å². The number of halogens is 1. The van der Waals surface area contributed by atoms with Crippen LogP contribution in [0.15, 0.2) is 4.47 Å². The van der Waals surface area contributed by atoms with Crippen molar-refractivity contribution in [3.05, 3.63) is 15.9 Å². The summed E-state index contributed by atoms with van der Waals surface area (Å²) in [4.78, 5) is 2.56. The van der Waals surface area contributed by atoms with E-state index in [1.165, 1.54) is 36.1 Å². The van der Waals surface area contributed by atoms with Gasteiger partial charge in [0, 0.05) is 13.1 Å². The van der Waals surface area contributed by atoms with Crippen molar-refractivity contribution in [3.63, 3.8) is 0 Å². The standard InChI is InChI=1S/C14H25BrN4/c1-4-19-13(14(15)11(2)17-19)10-18-7-5-12(6-8-18)9-16-3/h12,16H,4-10H2,1-3H3. The Morgan fingerprint density at radius 1 is 1.37 bits per heavy atom. The Kier molecular flexibility index (Phi) is 5.42. The lowest BCUT2D eigenvalue weighted by atomic mass is 9.97. The number of piperidine rings is 1. The largest absolute Gasteiger partial charge is 0.319 e. The smallest absolute Gasteiger partial charge is 0.0739 e. The number of aryl methyl sites for hydroxylation is 2.